The third-order valence-electron chi connectivity index (χ3n) is 6.98. The predicted molar refractivity (Wildman–Crippen MR) is 149 cm³/mol. The Morgan fingerprint density at radius 1 is 1.03 bits per heavy atom. The van der Waals surface area contributed by atoms with Gasteiger partial charge in [-0.05, 0) is 48.5 Å². The normalized spacial score (nSPS) is 18.4. The maximum Gasteiger partial charge on any atom is 0.240 e. The van der Waals surface area contributed by atoms with E-state index >= 15 is 0 Å². The van der Waals surface area contributed by atoms with Crippen molar-refractivity contribution in [1.29, 1.82) is 0 Å². The topological polar surface area (TPSA) is 68.2 Å². The molecule has 1 N–H and O–H groups in total. The summed E-state index contributed by atoms with van der Waals surface area (Å²) in [5.74, 6) is -0.680. The van der Waals surface area contributed by atoms with Crippen LogP contribution in [-0.2, 0) is 9.59 Å². The van der Waals surface area contributed by atoms with E-state index in [4.69, 9.17) is 16.6 Å². The molecule has 37 heavy (non-hydrogen) atoms. The number of aliphatic imine (C=N–C) groups is 1. The first kappa shape index (κ1) is 25.1. The number of benzene rings is 3. The Hall–Kier alpha value is -3.52. The minimum atomic E-state index is -0.574. The Bertz CT molecular complexity index is 1340. The number of hydrogen-bond donors (Lipinski definition) is 1. The average molecular weight is 516 g/mol. The zero-order valence-corrected chi connectivity index (χ0v) is 21.8. The number of halogens is 1. The van der Waals surface area contributed by atoms with Crippen molar-refractivity contribution in [3.8, 4) is 0 Å². The van der Waals surface area contributed by atoms with E-state index in [2.05, 4.69) is 22.2 Å². The van der Waals surface area contributed by atoms with E-state index in [0.717, 1.165) is 43.0 Å². The predicted octanol–water partition coefficient (Wildman–Crippen LogP) is 4.41. The lowest BCUT2D eigenvalue weighted by molar-refractivity contribution is -0.120. The Morgan fingerprint density at radius 3 is 2.54 bits per heavy atom. The van der Waals surface area contributed by atoms with Gasteiger partial charge < -0.3 is 15.1 Å². The van der Waals surface area contributed by atoms with Gasteiger partial charge in [-0.25, -0.2) is 0 Å². The molecule has 0 spiro atoms. The molecule has 5 rings (SSSR count). The number of amides is 2. The van der Waals surface area contributed by atoms with E-state index < -0.39 is 5.92 Å². The number of hydrogen-bond acceptors (Lipinski definition) is 5. The molecule has 1 atom stereocenters. The number of rotatable bonds is 6. The maximum absolute atomic E-state index is 13.1. The highest BCUT2D eigenvalue weighted by atomic mass is 35.5. The van der Waals surface area contributed by atoms with Crippen LogP contribution in [0, 0.1) is 0 Å². The van der Waals surface area contributed by atoms with Gasteiger partial charge in [-0.15, -0.1) is 0 Å². The first-order valence-electron chi connectivity index (χ1n) is 12.4. The molecule has 2 amide bonds. The number of carbonyl (C=O) groups is 2. The van der Waals surface area contributed by atoms with E-state index in [1.807, 2.05) is 60.7 Å². The summed E-state index contributed by atoms with van der Waals surface area (Å²) in [6.45, 7) is 4.09. The van der Waals surface area contributed by atoms with Crippen molar-refractivity contribution in [2.75, 3.05) is 57.0 Å². The number of nitrogens with zero attached hydrogens (tertiary/aromatic N) is 4. The first-order chi connectivity index (χ1) is 17.9. The van der Waals surface area contributed by atoms with Gasteiger partial charge >= 0.3 is 0 Å². The van der Waals surface area contributed by atoms with Gasteiger partial charge in [0.05, 0.1) is 17.9 Å². The molecule has 0 saturated carbocycles. The highest BCUT2D eigenvalue weighted by molar-refractivity contribution is 6.31. The summed E-state index contributed by atoms with van der Waals surface area (Å²) >= 11 is 6.17. The minimum absolute atomic E-state index is 0.0370. The average Bonchev–Trinajstić information content (AvgIpc) is 3.23. The zero-order valence-electron chi connectivity index (χ0n) is 21.0. The number of fused-ring (bicyclic) bond motifs is 1. The number of carbonyl (C=O) groups excluding carboxylic acids is 2. The zero-order chi connectivity index (χ0) is 25.9. The molecule has 1 fully saturated rings. The van der Waals surface area contributed by atoms with Crippen molar-refractivity contribution < 1.29 is 9.59 Å². The van der Waals surface area contributed by atoms with Crippen LogP contribution >= 0.6 is 11.6 Å². The Labute approximate surface area is 222 Å². The summed E-state index contributed by atoms with van der Waals surface area (Å²) in [6, 6.07) is 22.7. The van der Waals surface area contributed by atoms with E-state index in [1.165, 1.54) is 0 Å². The fraction of sp³-hybridized carbons (Fsp3) is 0.276. The van der Waals surface area contributed by atoms with Crippen LogP contribution in [0.5, 0.6) is 0 Å². The number of nitrogens with one attached hydrogen (secondary N) is 1. The van der Waals surface area contributed by atoms with Gasteiger partial charge in [-0.1, -0.05) is 54.1 Å². The number of piperazine rings is 1. The van der Waals surface area contributed by atoms with Crippen LogP contribution in [0.1, 0.15) is 17.0 Å². The molecule has 3 aromatic carbocycles. The highest BCUT2D eigenvalue weighted by Crippen LogP contribution is 2.38. The fourth-order valence-electron chi connectivity index (χ4n) is 4.77. The van der Waals surface area contributed by atoms with E-state index in [-0.39, 0.29) is 11.8 Å². The molecule has 1 unspecified atom stereocenters. The van der Waals surface area contributed by atoms with Gasteiger partial charge in [-0.2, -0.15) is 0 Å². The molecule has 7 nitrogen and oxygen atoms in total. The van der Waals surface area contributed by atoms with E-state index in [9.17, 15) is 9.59 Å². The van der Waals surface area contributed by atoms with Crippen LogP contribution in [0.2, 0.25) is 5.02 Å². The lowest BCUT2D eigenvalue weighted by Crippen LogP contribution is -2.48. The second kappa shape index (κ2) is 10.8. The molecule has 3 aromatic rings. The van der Waals surface area contributed by atoms with Gasteiger partial charge in [0.2, 0.25) is 11.8 Å². The highest BCUT2D eigenvalue weighted by Gasteiger charge is 2.35. The second-order valence-corrected chi connectivity index (χ2v) is 10.0. The molecule has 8 heteroatoms. The van der Waals surface area contributed by atoms with Crippen molar-refractivity contribution in [3.63, 3.8) is 0 Å². The molecule has 1 saturated heterocycles. The summed E-state index contributed by atoms with van der Waals surface area (Å²) in [4.78, 5) is 37.3. The van der Waals surface area contributed by atoms with Crippen LogP contribution in [0.15, 0.2) is 77.8 Å². The Morgan fingerprint density at radius 2 is 1.78 bits per heavy atom. The van der Waals surface area contributed by atoms with Crippen LogP contribution in [-0.4, -0.2) is 74.1 Å². The van der Waals surface area contributed by atoms with Crippen molar-refractivity contribution in [2.24, 2.45) is 4.99 Å². The molecule has 2 aliphatic rings. The summed E-state index contributed by atoms with van der Waals surface area (Å²) in [5, 5.41) is 3.51. The van der Waals surface area contributed by atoms with Crippen LogP contribution in [0.4, 0.5) is 17.1 Å². The molecule has 2 heterocycles. The molecule has 0 aliphatic carbocycles. The van der Waals surface area contributed by atoms with Crippen LogP contribution in [0.25, 0.3) is 0 Å². The first-order valence-corrected chi connectivity index (χ1v) is 12.8. The lowest BCUT2D eigenvalue weighted by atomic mass is 9.90. The Kier molecular flexibility index (Phi) is 7.37. The van der Waals surface area contributed by atoms with Gasteiger partial charge in [0, 0.05) is 49.6 Å². The van der Waals surface area contributed by atoms with Crippen molar-refractivity contribution in [2.45, 2.75) is 5.92 Å². The molecular formula is C29H30ClN5O2. The molecule has 0 aromatic heterocycles. The quantitative estimate of drug-likeness (QED) is 0.494. The van der Waals surface area contributed by atoms with Crippen molar-refractivity contribution >= 4 is 46.2 Å². The van der Waals surface area contributed by atoms with Crippen molar-refractivity contribution in [1.82, 2.24) is 9.80 Å². The smallest absolute Gasteiger partial charge is 0.240 e. The number of anilines is 2. The summed E-state index contributed by atoms with van der Waals surface area (Å²) < 4.78 is 0. The standard InChI is InChI=1S/C29H30ClN5O2/c1-33-13-15-35(16-14-33)19-26(36)34(2)23-10-6-9-22(18-23)31-28(20-7-4-3-5-8-20)27-24-12-11-21(30)17-25(24)32-29(27)37/h3-12,17-18,27H,13-16,19H2,1-2H3,(H,32,37). The third-order valence-corrected chi connectivity index (χ3v) is 7.22. The maximum atomic E-state index is 13.1. The summed E-state index contributed by atoms with van der Waals surface area (Å²) in [5.41, 5.74) is 4.47. The molecule has 2 aliphatic heterocycles. The SMILES string of the molecule is CN1CCN(CC(=O)N(C)c2cccc(N=C(c3ccccc3)C3C(=O)Nc4cc(Cl)ccc43)c2)CC1. The summed E-state index contributed by atoms with van der Waals surface area (Å²) in [6.07, 6.45) is 0. The minimum Gasteiger partial charge on any atom is -0.325 e. The van der Waals surface area contributed by atoms with E-state index in [0.29, 0.717) is 28.7 Å². The van der Waals surface area contributed by atoms with Gasteiger partial charge in [0.25, 0.3) is 0 Å². The van der Waals surface area contributed by atoms with Crippen LogP contribution in [0.3, 0.4) is 0 Å². The fourth-order valence-corrected chi connectivity index (χ4v) is 4.94. The Balaban J connectivity index is 1.45. The summed E-state index contributed by atoms with van der Waals surface area (Å²) in [7, 11) is 3.90. The lowest BCUT2D eigenvalue weighted by Gasteiger charge is -2.32. The third kappa shape index (κ3) is 5.59. The monoisotopic (exact) mass is 515 g/mol. The molecule has 190 valence electrons. The molecular weight excluding hydrogens is 486 g/mol. The van der Waals surface area contributed by atoms with Gasteiger partial charge in [-0.3, -0.25) is 19.5 Å². The molecule has 0 bridgehead atoms. The largest absolute Gasteiger partial charge is 0.325 e. The van der Waals surface area contributed by atoms with Gasteiger partial charge in [0.15, 0.2) is 0 Å². The second-order valence-electron chi connectivity index (χ2n) is 9.57. The van der Waals surface area contributed by atoms with Crippen molar-refractivity contribution in [3.05, 3.63) is 88.9 Å². The van der Waals surface area contributed by atoms with E-state index in [1.54, 1.807) is 24.1 Å². The molecule has 0 radical (unpaired) electrons. The van der Waals surface area contributed by atoms with Gasteiger partial charge in [0.1, 0.15) is 5.92 Å². The van der Waals surface area contributed by atoms with Crippen LogP contribution < -0.4 is 10.2 Å². The number of likely N-dealkylation sites (N-methyl/N-ethyl adjacent to an activating group) is 2.